The molecule has 4 atom stereocenters. The van der Waals surface area contributed by atoms with E-state index in [1.54, 1.807) is 47.9 Å². The average molecular weight is 799 g/mol. The number of aliphatic hydroxyl groups excluding tert-OH is 2. The van der Waals surface area contributed by atoms with E-state index in [0.717, 1.165) is 24.0 Å². The number of hydrogen-bond donors (Lipinski definition) is 6. The van der Waals surface area contributed by atoms with Gasteiger partial charge in [-0.05, 0) is 91.9 Å². The van der Waals surface area contributed by atoms with Crippen LogP contribution in [0.15, 0.2) is 85.2 Å². The molecule has 6 rings (SSSR count). The van der Waals surface area contributed by atoms with Gasteiger partial charge in [0, 0.05) is 24.2 Å². The van der Waals surface area contributed by atoms with Gasteiger partial charge in [-0.1, -0.05) is 43.7 Å². The molecule has 2 aliphatic heterocycles. The summed E-state index contributed by atoms with van der Waals surface area (Å²) in [6.07, 6.45) is 7.89. The molecule has 3 aromatic carbocycles. The Bertz CT molecular complexity index is 2020. The quantitative estimate of drug-likeness (QED) is 0.120. The first-order chi connectivity index (χ1) is 28.1. The highest BCUT2D eigenvalue weighted by molar-refractivity contribution is 5.94. The summed E-state index contributed by atoms with van der Waals surface area (Å²) in [5, 5.41) is 30.7. The summed E-state index contributed by atoms with van der Waals surface area (Å²) in [4.78, 5) is 58.3. The molecule has 4 aromatic rings. The standard InChI is InChI=1S/C43H51FN6O8/c1-3-4-20-45-41(54)35-24-30-12-18-33(19-13-30)57-21-6-9-29-8-5-10-34(23-29)58-22-7-11-38-39(31-14-16-32(44)17-15-31)46-27-50(38)28(2)40(53)48-36(25-51)43(56)49-37(26-52)42(55)47-35/h5-6,8-10,12-19,23,27-28,35-37,51-52H,3-4,7,11,20-22,24-26H2,1-2H3,(H,45,54)(H,47,55)(H,48,53)(H,49,56)/t28-,35-,36-,37-/m0/s1. The molecule has 58 heavy (non-hydrogen) atoms. The molecule has 0 spiro atoms. The van der Waals surface area contributed by atoms with Crippen LogP contribution in [0.1, 0.15) is 56.0 Å². The van der Waals surface area contributed by atoms with Crippen molar-refractivity contribution in [2.24, 2.45) is 0 Å². The van der Waals surface area contributed by atoms with Gasteiger partial charge < -0.3 is 45.5 Å². The molecule has 0 unspecified atom stereocenters. The maximum Gasteiger partial charge on any atom is 0.245 e. The second-order valence-corrected chi connectivity index (χ2v) is 13.9. The van der Waals surface area contributed by atoms with Gasteiger partial charge >= 0.3 is 0 Å². The van der Waals surface area contributed by atoms with Crippen molar-refractivity contribution in [1.82, 2.24) is 30.8 Å². The van der Waals surface area contributed by atoms with E-state index < -0.39 is 66.8 Å². The molecular formula is C43H51FN6O8. The van der Waals surface area contributed by atoms with Crippen LogP contribution in [0.25, 0.3) is 17.3 Å². The fourth-order valence-electron chi connectivity index (χ4n) is 6.31. The summed E-state index contributed by atoms with van der Waals surface area (Å²) in [7, 11) is 0. The molecule has 3 heterocycles. The van der Waals surface area contributed by atoms with Crippen LogP contribution in [-0.4, -0.2) is 94.5 Å². The number of rotatable bonds is 7. The molecule has 4 amide bonds. The minimum absolute atomic E-state index is 0.0979. The largest absolute Gasteiger partial charge is 0.494 e. The minimum Gasteiger partial charge on any atom is -0.494 e. The third-order valence-electron chi connectivity index (χ3n) is 9.61. The van der Waals surface area contributed by atoms with E-state index in [4.69, 9.17) is 9.47 Å². The summed E-state index contributed by atoms with van der Waals surface area (Å²) < 4.78 is 27.5. The summed E-state index contributed by atoms with van der Waals surface area (Å²) in [6.45, 7) is 2.94. The van der Waals surface area contributed by atoms with Gasteiger partial charge in [0.1, 0.15) is 48.1 Å². The fraction of sp³-hybridized carbons (Fsp3) is 0.372. The Labute approximate surface area is 336 Å². The Morgan fingerprint density at radius 2 is 1.62 bits per heavy atom. The number of carbonyl (C=O) groups is 4. The SMILES string of the molecule is CCCCNC(=O)[C@@H]1Cc2ccc(cc2)OCC=Cc2cccc(c2)OCCCc2c(-c3ccc(F)cc3)ncn2[C@@H](C)C(=O)N[C@@H](CO)C(=O)N[C@@H](CO)C(=O)N1. The van der Waals surface area contributed by atoms with E-state index in [-0.39, 0.29) is 13.0 Å². The first kappa shape index (κ1) is 43.1. The van der Waals surface area contributed by atoms with Crippen molar-refractivity contribution in [3.63, 3.8) is 0 Å². The second kappa shape index (κ2) is 21.5. The zero-order valence-corrected chi connectivity index (χ0v) is 32.7. The molecule has 6 N–H and O–H groups in total. The molecule has 1 aromatic heterocycles. The number of fused-ring (bicyclic) bond motifs is 17. The van der Waals surface area contributed by atoms with Crippen LogP contribution in [0.5, 0.6) is 11.5 Å². The van der Waals surface area contributed by atoms with E-state index in [9.17, 15) is 33.8 Å². The molecule has 0 saturated carbocycles. The van der Waals surface area contributed by atoms with Crippen LogP contribution in [0, 0.1) is 5.82 Å². The third-order valence-corrected chi connectivity index (χ3v) is 9.61. The molecular weight excluding hydrogens is 748 g/mol. The summed E-state index contributed by atoms with van der Waals surface area (Å²) >= 11 is 0. The van der Waals surface area contributed by atoms with Crippen molar-refractivity contribution in [1.29, 1.82) is 0 Å². The van der Waals surface area contributed by atoms with Crippen molar-refractivity contribution in [3.05, 3.63) is 108 Å². The first-order valence-electron chi connectivity index (χ1n) is 19.4. The normalized spacial score (nSPS) is 19.9. The number of nitrogens with one attached hydrogen (secondary N) is 4. The average Bonchev–Trinajstić information content (AvgIpc) is 3.65. The number of nitrogens with zero attached hydrogens (tertiary/aromatic N) is 2. The van der Waals surface area contributed by atoms with Crippen molar-refractivity contribution in [3.8, 4) is 22.8 Å². The van der Waals surface area contributed by atoms with Gasteiger partial charge in [0.2, 0.25) is 23.6 Å². The highest BCUT2D eigenvalue weighted by atomic mass is 19.1. The topological polar surface area (TPSA) is 193 Å². The number of halogens is 1. The number of hydrogen-bond acceptors (Lipinski definition) is 9. The Morgan fingerprint density at radius 1 is 0.914 bits per heavy atom. The smallest absolute Gasteiger partial charge is 0.245 e. The number of amides is 4. The first-order valence-corrected chi connectivity index (χ1v) is 19.4. The summed E-state index contributed by atoms with van der Waals surface area (Å²) in [6, 6.07) is 15.5. The molecule has 308 valence electrons. The number of aliphatic hydroxyl groups is 2. The van der Waals surface area contributed by atoms with Gasteiger partial charge in [-0.25, -0.2) is 9.37 Å². The Morgan fingerprint density at radius 3 is 2.33 bits per heavy atom. The van der Waals surface area contributed by atoms with Crippen LogP contribution < -0.4 is 30.7 Å². The van der Waals surface area contributed by atoms with Crippen LogP contribution in [0.2, 0.25) is 0 Å². The predicted octanol–water partition coefficient (Wildman–Crippen LogP) is 3.27. The maximum absolute atomic E-state index is 13.8. The van der Waals surface area contributed by atoms with Crippen molar-refractivity contribution in [2.45, 2.75) is 70.1 Å². The van der Waals surface area contributed by atoms with Gasteiger partial charge in [0.25, 0.3) is 0 Å². The maximum atomic E-state index is 13.8. The number of ether oxygens (including phenoxy) is 2. The minimum atomic E-state index is -1.51. The lowest BCUT2D eigenvalue weighted by Crippen LogP contribution is -2.59. The van der Waals surface area contributed by atoms with Crippen molar-refractivity contribution in [2.75, 3.05) is 33.0 Å². The number of aromatic nitrogens is 2. The number of benzene rings is 3. The van der Waals surface area contributed by atoms with Gasteiger partial charge in [-0.2, -0.15) is 0 Å². The third kappa shape index (κ3) is 12.0. The van der Waals surface area contributed by atoms with Gasteiger partial charge in [0.15, 0.2) is 0 Å². The van der Waals surface area contributed by atoms with E-state index in [1.165, 1.54) is 18.5 Å². The molecule has 0 radical (unpaired) electrons. The second-order valence-electron chi connectivity index (χ2n) is 13.9. The highest BCUT2D eigenvalue weighted by Crippen LogP contribution is 2.27. The van der Waals surface area contributed by atoms with Crippen molar-refractivity contribution < 1.29 is 43.3 Å². The molecule has 2 aliphatic rings. The Hall–Kier alpha value is -6.06. The molecule has 0 saturated heterocycles. The number of unbranched alkanes of at least 4 members (excludes halogenated alkanes) is 1. The Kier molecular flexibility index (Phi) is 15.9. The number of carbonyl (C=O) groups excluding carboxylic acids is 4. The van der Waals surface area contributed by atoms with Gasteiger partial charge in [-0.15, -0.1) is 0 Å². The van der Waals surface area contributed by atoms with Crippen LogP contribution in [0.3, 0.4) is 0 Å². The zero-order valence-electron chi connectivity index (χ0n) is 32.7. The van der Waals surface area contributed by atoms with E-state index in [2.05, 4.69) is 26.3 Å². The molecule has 14 nitrogen and oxygen atoms in total. The highest BCUT2D eigenvalue weighted by Gasteiger charge is 2.31. The summed E-state index contributed by atoms with van der Waals surface area (Å²) in [5.74, 6) is -2.01. The molecule has 0 fully saturated rings. The number of imidazole rings is 1. The van der Waals surface area contributed by atoms with E-state index in [0.29, 0.717) is 54.4 Å². The van der Waals surface area contributed by atoms with Crippen LogP contribution in [-0.2, 0) is 32.0 Å². The molecule has 0 aliphatic carbocycles. The van der Waals surface area contributed by atoms with Crippen LogP contribution >= 0.6 is 0 Å². The monoisotopic (exact) mass is 798 g/mol. The van der Waals surface area contributed by atoms with Gasteiger partial charge in [-0.3, -0.25) is 19.2 Å². The lowest BCUT2D eigenvalue weighted by molar-refractivity contribution is -0.135. The summed E-state index contributed by atoms with van der Waals surface area (Å²) in [5.41, 5.74) is 3.46. The zero-order chi connectivity index (χ0) is 41.4. The lowest BCUT2D eigenvalue weighted by Gasteiger charge is -2.25. The fourth-order valence-corrected chi connectivity index (χ4v) is 6.31. The van der Waals surface area contributed by atoms with E-state index >= 15 is 0 Å². The van der Waals surface area contributed by atoms with Gasteiger partial charge in [0.05, 0.1) is 31.8 Å². The van der Waals surface area contributed by atoms with E-state index in [1.807, 2.05) is 43.3 Å². The Balaban J connectivity index is 1.42. The lowest BCUT2D eigenvalue weighted by atomic mass is 10.0. The molecule has 15 heteroatoms. The van der Waals surface area contributed by atoms with Crippen LogP contribution in [0.4, 0.5) is 4.39 Å². The molecule has 4 bridgehead atoms. The van der Waals surface area contributed by atoms with Crippen molar-refractivity contribution >= 4 is 29.7 Å². The predicted molar refractivity (Wildman–Crippen MR) is 215 cm³/mol.